The van der Waals surface area contributed by atoms with Gasteiger partial charge in [-0.2, -0.15) is 0 Å². The first kappa shape index (κ1) is 19.2. The summed E-state index contributed by atoms with van der Waals surface area (Å²) in [7, 11) is 0. The van der Waals surface area contributed by atoms with Crippen LogP contribution in [-0.2, 0) is 9.53 Å². The van der Waals surface area contributed by atoms with Crippen LogP contribution in [0.3, 0.4) is 0 Å². The van der Waals surface area contributed by atoms with E-state index >= 15 is 0 Å². The summed E-state index contributed by atoms with van der Waals surface area (Å²) in [5.41, 5.74) is 2.46. The SMILES string of the molecule is CCOC(=O)c1[nH]c2ccc(C)cc2c1NC(=O)C12C[C@@H]3C[C@@H](CC(Br)(C3)C1)C2. The number of aromatic amines is 1. The van der Waals surface area contributed by atoms with E-state index in [1.807, 2.05) is 25.1 Å². The molecule has 154 valence electrons. The van der Waals surface area contributed by atoms with Gasteiger partial charge in [0.2, 0.25) is 5.91 Å². The average Bonchev–Trinajstić information content (AvgIpc) is 2.98. The van der Waals surface area contributed by atoms with Gasteiger partial charge in [0.1, 0.15) is 5.69 Å². The van der Waals surface area contributed by atoms with E-state index in [4.69, 9.17) is 4.74 Å². The summed E-state index contributed by atoms with van der Waals surface area (Å²) in [5, 5.41) is 4.04. The fraction of sp³-hybridized carbons (Fsp3) is 0.565. The molecule has 1 aromatic heterocycles. The number of carbonyl (C=O) groups is 2. The number of hydrogen-bond donors (Lipinski definition) is 2. The summed E-state index contributed by atoms with van der Waals surface area (Å²) < 4.78 is 5.35. The summed E-state index contributed by atoms with van der Waals surface area (Å²) >= 11 is 3.99. The van der Waals surface area contributed by atoms with Gasteiger partial charge in [0, 0.05) is 15.2 Å². The lowest BCUT2D eigenvalue weighted by molar-refractivity contribution is -0.138. The number of fused-ring (bicyclic) bond motifs is 1. The van der Waals surface area contributed by atoms with E-state index in [1.54, 1.807) is 6.92 Å². The van der Waals surface area contributed by atoms with Crippen molar-refractivity contribution in [3.63, 3.8) is 0 Å². The largest absolute Gasteiger partial charge is 0.461 e. The van der Waals surface area contributed by atoms with Gasteiger partial charge in [-0.3, -0.25) is 4.79 Å². The third kappa shape index (κ3) is 3.11. The number of aryl methyl sites for hydroxylation is 1. The quantitative estimate of drug-likeness (QED) is 0.480. The third-order valence-electron chi connectivity index (χ3n) is 7.14. The summed E-state index contributed by atoms with van der Waals surface area (Å²) in [6, 6.07) is 5.95. The van der Waals surface area contributed by atoms with E-state index < -0.39 is 5.97 Å². The Balaban J connectivity index is 1.53. The molecule has 6 rings (SSSR count). The van der Waals surface area contributed by atoms with E-state index in [1.165, 1.54) is 19.3 Å². The molecule has 0 aliphatic heterocycles. The van der Waals surface area contributed by atoms with Crippen LogP contribution in [0.25, 0.3) is 10.9 Å². The topological polar surface area (TPSA) is 71.2 Å². The number of anilines is 1. The number of alkyl halides is 1. The number of H-pyrrole nitrogens is 1. The first-order valence-corrected chi connectivity index (χ1v) is 11.4. The highest BCUT2D eigenvalue weighted by Crippen LogP contribution is 2.64. The number of hydrogen-bond acceptors (Lipinski definition) is 3. The highest BCUT2D eigenvalue weighted by Gasteiger charge is 2.59. The molecule has 2 unspecified atom stereocenters. The first-order valence-electron chi connectivity index (χ1n) is 10.6. The van der Waals surface area contributed by atoms with E-state index in [0.29, 0.717) is 29.8 Å². The summed E-state index contributed by atoms with van der Waals surface area (Å²) in [6.45, 7) is 4.09. The maximum atomic E-state index is 13.7. The number of amides is 1. The molecule has 2 N–H and O–H groups in total. The number of benzene rings is 1. The van der Waals surface area contributed by atoms with E-state index in [-0.39, 0.29) is 15.6 Å². The lowest BCUT2D eigenvalue weighted by Crippen LogP contribution is -2.57. The van der Waals surface area contributed by atoms with Crippen LogP contribution in [-0.4, -0.2) is 27.8 Å². The molecule has 4 bridgehead atoms. The minimum absolute atomic E-state index is 0.0587. The van der Waals surface area contributed by atoms with Gasteiger partial charge in [-0.1, -0.05) is 27.6 Å². The van der Waals surface area contributed by atoms with Crippen molar-refractivity contribution in [3.8, 4) is 0 Å². The fourth-order valence-electron chi connectivity index (χ4n) is 6.45. The van der Waals surface area contributed by atoms with E-state index in [2.05, 4.69) is 26.2 Å². The Morgan fingerprint density at radius 2 is 1.97 bits per heavy atom. The number of ether oxygens (including phenoxy) is 1. The van der Waals surface area contributed by atoms with Crippen LogP contribution in [0, 0.1) is 24.2 Å². The van der Waals surface area contributed by atoms with Crippen molar-refractivity contribution in [3.05, 3.63) is 29.5 Å². The third-order valence-corrected chi connectivity index (χ3v) is 8.07. The minimum atomic E-state index is -0.431. The lowest BCUT2D eigenvalue weighted by Gasteiger charge is -2.59. The van der Waals surface area contributed by atoms with Crippen LogP contribution < -0.4 is 5.32 Å². The Morgan fingerprint density at radius 1 is 1.24 bits per heavy atom. The molecule has 4 atom stereocenters. The van der Waals surface area contributed by atoms with Crippen LogP contribution in [0.1, 0.15) is 61.5 Å². The molecule has 0 saturated heterocycles. The highest BCUT2D eigenvalue weighted by molar-refractivity contribution is 9.10. The average molecular weight is 459 g/mol. The zero-order valence-corrected chi connectivity index (χ0v) is 18.5. The molecule has 1 aromatic carbocycles. The van der Waals surface area contributed by atoms with Gasteiger partial charge in [0.05, 0.1) is 17.7 Å². The summed E-state index contributed by atoms with van der Waals surface area (Å²) in [4.78, 5) is 29.4. The fourth-order valence-corrected chi connectivity index (χ4v) is 7.91. The molecule has 4 aliphatic carbocycles. The van der Waals surface area contributed by atoms with Crippen molar-refractivity contribution in [1.29, 1.82) is 0 Å². The molecule has 5 nitrogen and oxygen atoms in total. The Bertz CT molecular complexity index is 997. The van der Waals surface area contributed by atoms with Gasteiger partial charge >= 0.3 is 5.97 Å². The van der Waals surface area contributed by atoms with Crippen molar-refractivity contribution in [1.82, 2.24) is 4.98 Å². The predicted octanol–water partition coefficient (Wildman–Crippen LogP) is 5.33. The zero-order valence-electron chi connectivity index (χ0n) is 16.9. The van der Waals surface area contributed by atoms with Crippen LogP contribution in [0.2, 0.25) is 0 Å². The highest BCUT2D eigenvalue weighted by atomic mass is 79.9. The van der Waals surface area contributed by atoms with Gasteiger partial charge in [0.15, 0.2) is 0 Å². The number of esters is 1. The van der Waals surface area contributed by atoms with Crippen LogP contribution in [0.5, 0.6) is 0 Å². The Kier molecular flexibility index (Phi) is 4.36. The van der Waals surface area contributed by atoms with Gasteiger partial charge in [-0.25, -0.2) is 4.79 Å². The summed E-state index contributed by atoms with van der Waals surface area (Å²) in [6.07, 6.45) is 6.41. The Hall–Kier alpha value is -1.82. The van der Waals surface area contributed by atoms with Crippen molar-refractivity contribution in [2.45, 2.75) is 56.7 Å². The number of halogens is 1. The smallest absolute Gasteiger partial charge is 0.356 e. The second kappa shape index (κ2) is 6.59. The van der Waals surface area contributed by atoms with Crippen LogP contribution >= 0.6 is 15.9 Å². The molecule has 4 fully saturated rings. The van der Waals surface area contributed by atoms with Gasteiger partial charge in [-0.05, 0) is 76.3 Å². The number of aromatic nitrogens is 1. The van der Waals surface area contributed by atoms with Crippen molar-refractivity contribution in [2.24, 2.45) is 17.3 Å². The predicted molar refractivity (Wildman–Crippen MR) is 116 cm³/mol. The number of nitrogens with one attached hydrogen (secondary N) is 2. The maximum absolute atomic E-state index is 13.7. The first-order chi connectivity index (χ1) is 13.8. The molecule has 29 heavy (non-hydrogen) atoms. The van der Waals surface area contributed by atoms with Crippen molar-refractivity contribution >= 4 is 44.4 Å². The maximum Gasteiger partial charge on any atom is 0.356 e. The molecule has 4 saturated carbocycles. The molecule has 0 spiro atoms. The monoisotopic (exact) mass is 458 g/mol. The van der Waals surface area contributed by atoms with Crippen LogP contribution in [0.4, 0.5) is 5.69 Å². The summed E-state index contributed by atoms with van der Waals surface area (Å²) in [5.74, 6) is 0.870. The van der Waals surface area contributed by atoms with Gasteiger partial charge < -0.3 is 15.0 Å². The standard InChI is InChI=1S/C23H27BrN2O3/c1-3-29-20(27)19-18(16-6-13(2)4-5-17(16)25-19)26-21(28)22-8-14-7-15(9-22)11-23(24,10-14)12-22/h4-6,14-15,25H,3,7-12H2,1-2H3,(H,26,28)/t14-,15+,22?,23?. The second-order valence-corrected chi connectivity index (χ2v) is 11.2. The van der Waals surface area contributed by atoms with Gasteiger partial charge in [0.25, 0.3) is 0 Å². The van der Waals surface area contributed by atoms with Crippen molar-refractivity contribution < 1.29 is 14.3 Å². The zero-order chi connectivity index (χ0) is 20.4. The number of rotatable bonds is 4. The molecule has 2 aromatic rings. The normalized spacial score (nSPS) is 32.5. The number of carbonyl (C=O) groups excluding carboxylic acids is 2. The molecule has 1 heterocycles. The molecule has 0 radical (unpaired) electrons. The molecule has 6 heteroatoms. The Labute approximate surface area is 179 Å². The Morgan fingerprint density at radius 3 is 2.62 bits per heavy atom. The lowest BCUT2D eigenvalue weighted by atomic mass is 9.49. The van der Waals surface area contributed by atoms with E-state index in [0.717, 1.165) is 35.7 Å². The van der Waals surface area contributed by atoms with Crippen LogP contribution in [0.15, 0.2) is 18.2 Å². The molecular weight excluding hydrogens is 432 g/mol. The molecule has 4 aliphatic rings. The van der Waals surface area contributed by atoms with Gasteiger partial charge in [-0.15, -0.1) is 0 Å². The second-order valence-electron chi connectivity index (χ2n) is 9.49. The molecule has 1 amide bonds. The molecular formula is C23H27BrN2O3. The minimum Gasteiger partial charge on any atom is -0.461 e. The van der Waals surface area contributed by atoms with E-state index in [9.17, 15) is 9.59 Å². The van der Waals surface area contributed by atoms with Crippen molar-refractivity contribution in [2.75, 3.05) is 11.9 Å².